The van der Waals surface area contributed by atoms with Crippen molar-refractivity contribution in [2.75, 3.05) is 5.73 Å². The number of aromatic nitrogens is 1. The maximum Gasteiger partial charge on any atom is 0.247 e. The molecule has 5 nitrogen and oxygen atoms in total. The number of rotatable bonds is 2. The third-order valence-corrected chi connectivity index (χ3v) is 5.07. The minimum absolute atomic E-state index is 0.0402. The minimum Gasteiger partial charge on any atom is -0.383 e. The molecule has 19 heavy (non-hydrogen) atoms. The maximum absolute atomic E-state index is 12.5. The summed E-state index contributed by atoms with van der Waals surface area (Å²) in [6.45, 7) is 0.764. The molecule has 0 spiro atoms. The third kappa shape index (κ3) is 1.98. The Morgan fingerprint density at radius 2 is 1.68 bits per heavy atom. The second kappa shape index (κ2) is 4.32. The summed E-state index contributed by atoms with van der Waals surface area (Å²) in [5, 5.41) is 0. The Balaban J connectivity index is 1.99. The van der Waals surface area contributed by atoms with Gasteiger partial charge in [0.1, 0.15) is 10.7 Å². The Morgan fingerprint density at radius 1 is 1.05 bits per heavy atom. The van der Waals surface area contributed by atoms with Crippen LogP contribution in [-0.4, -0.2) is 17.7 Å². The highest BCUT2D eigenvalue weighted by Crippen LogP contribution is 2.29. The minimum atomic E-state index is -3.59. The van der Waals surface area contributed by atoms with E-state index >= 15 is 0 Å². The first kappa shape index (κ1) is 12.1. The predicted octanol–water partition coefficient (Wildman–Crippen LogP) is 1.37. The first-order chi connectivity index (χ1) is 9.09. The Kier molecular flexibility index (Phi) is 2.76. The number of fused-ring (bicyclic) bond motifs is 1. The molecule has 1 aliphatic heterocycles. The van der Waals surface area contributed by atoms with Gasteiger partial charge in [-0.1, -0.05) is 24.3 Å². The average molecular weight is 275 g/mol. The van der Waals surface area contributed by atoms with Crippen molar-refractivity contribution in [3.8, 4) is 0 Å². The van der Waals surface area contributed by atoms with Crippen LogP contribution in [0.4, 0.5) is 5.82 Å². The zero-order chi connectivity index (χ0) is 13.5. The topological polar surface area (TPSA) is 76.3 Å². The molecular formula is C13H13N3O2S. The van der Waals surface area contributed by atoms with Gasteiger partial charge in [0, 0.05) is 19.3 Å². The lowest BCUT2D eigenvalue weighted by molar-refractivity contribution is 0.432. The normalized spacial score (nSPS) is 15.4. The molecule has 0 amide bonds. The predicted molar refractivity (Wildman–Crippen MR) is 71.5 cm³/mol. The number of hydrogen-bond acceptors (Lipinski definition) is 4. The Bertz CT molecular complexity index is 703. The van der Waals surface area contributed by atoms with Gasteiger partial charge in [0.25, 0.3) is 0 Å². The number of benzene rings is 1. The summed E-state index contributed by atoms with van der Waals surface area (Å²) in [5.74, 6) is 0.0402. The molecule has 98 valence electrons. The Labute approximate surface area is 111 Å². The quantitative estimate of drug-likeness (QED) is 0.898. The van der Waals surface area contributed by atoms with Gasteiger partial charge in [-0.15, -0.1) is 0 Å². The van der Waals surface area contributed by atoms with E-state index in [0.717, 1.165) is 11.1 Å². The van der Waals surface area contributed by atoms with Crippen molar-refractivity contribution >= 4 is 15.8 Å². The molecule has 1 aromatic carbocycles. The Hall–Kier alpha value is -1.92. The van der Waals surface area contributed by atoms with E-state index in [4.69, 9.17) is 5.73 Å². The van der Waals surface area contributed by atoms with E-state index in [9.17, 15) is 8.42 Å². The van der Waals surface area contributed by atoms with Gasteiger partial charge >= 0.3 is 0 Å². The maximum atomic E-state index is 12.5. The monoisotopic (exact) mass is 275 g/mol. The summed E-state index contributed by atoms with van der Waals surface area (Å²) in [4.78, 5) is 3.91. The van der Waals surface area contributed by atoms with Crippen LogP contribution in [0.3, 0.4) is 0 Å². The summed E-state index contributed by atoms with van der Waals surface area (Å²) >= 11 is 0. The molecule has 1 aromatic heterocycles. The number of nitrogens with zero attached hydrogens (tertiary/aromatic N) is 2. The van der Waals surface area contributed by atoms with Gasteiger partial charge in [-0.25, -0.2) is 13.4 Å². The second-order valence-corrected chi connectivity index (χ2v) is 6.33. The number of sulfonamides is 1. The van der Waals surface area contributed by atoms with Crippen molar-refractivity contribution < 1.29 is 8.42 Å². The van der Waals surface area contributed by atoms with Crippen LogP contribution in [0.15, 0.2) is 47.5 Å². The van der Waals surface area contributed by atoms with E-state index in [1.54, 1.807) is 6.07 Å². The molecule has 0 atom stereocenters. The molecule has 0 saturated heterocycles. The van der Waals surface area contributed by atoms with Gasteiger partial charge in [-0.2, -0.15) is 4.31 Å². The van der Waals surface area contributed by atoms with Crippen molar-refractivity contribution in [1.29, 1.82) is 0 Å². The van der Waals surface area contributed by atoms with E-state index in [1.807, 2.05) is 24.3 Å². The number of nitrogens with two attached hydrogens (primary N) is 1. The molecule has 2 aromatic rings. The van der Waals surface area contributed by atoms with Crippen LogP contribution in [0.5, 0.6) is 0 Å². The molecule has 0 fully saturated rings. The largest absolute Gasteiger partial charge is 0.383 e. The number of anilines is 1. The molecule has 1 aliphatic rings. The number of hydrogen-bond donors (Lipinski definition) is 1. The van der Waals surface area contributed by atoms with E-state index in [1.165, 1.54) is 16.6 Å². The van der Waals surface area contributed by atoms with E-state index in [-0.39, 0.29) is 10.7 Å². The van der Waals surface area contributed by atoms with Crippen molar-refractivity contribution in [1.82, 2.24) is 9.29 Å². The van der Waals surface area contributed by atoms with Crippen LogP contribution in [-0.2, 0) is 23.1 Å². The standard InChI is InChI=1S/C13H13N3O2S/c14-13-12(6-3-7-15-13)19(17,18)16-8-10-4-1-2-5-11(10)9-16/h1-7H,8-9H2,(H2,14,15). The SMILES string of the molecule is Nc1ncccc1S(=O)(=O)N1Cc2ccccc2C1. The van der Waals surface area contributed by atoms with Crippen molar-refractivity contribution in [3.05, 3.63) is 53.7 Å². The summed E-state index contributed by atoms with van der Waals surface area (Å²) in [6, 6.07) is 10.8. The summed E-state index contributed by atoms with van der Waals surface area (Å²) < 4.78 is 26.5. The highest BCUT2D eigenvalue weighted by Gasteiger charge is 2.31. The fourth-order valence-electron chi connectivity index (χ4n) is 2.23. The third-order valence-electron chi connectivity index (χ3n) is 3.23. The average Bonchev–Trinajstić information content (AvgIpc) is 2.83. The highest BCUT2D eigenvalue weighted by atomic mass is 32.2. The fraction of sp³-hybridized carbons (Fsp3) is 0.154. The molecular weight excluding hydrogens is 262 g/mol. The van der Waals surface area contributed by atoms with Gasteiger partial charge < -0.3 is 5.73 Å². The van der Waals surface area contributed by atoms with E-state index < -0.39 is 10.0 Å². The van der Waals surface area contributed by atoms with Crippen molar-refractivity contribution in [2.45, 2.75) is 18.0 Å². The summed E-state index contributed by atoms with van der Waals surface area (Å²) in [7, 11) is -3.59. The summed E-state index contributed by atoms with van der Waals surface area (Å²) in [5.41, 5.74) is 7.73. The van der Waals surface area contributed by atoms with Crippen LogP contribution in [0, 0.1) is 0 Å². The van der Waals surface area contributed by atoms with Crippen molar-refractivity contribution in [2.24, 2.45) is 0 Å². The highest BCUT2D eigenvalue weighted by molar-refractivity contribution is 7.89. The Morgan fingerprint density at radius 3 is 2.26 bits per heavy atom. The summed E-state index contributed by atoms with van der Waals surface area (Å²) in [6.07, 6.45) is 1.48. The molecule has 0 saturated carbocycles. The molecule has 0 radical (unpaired) electrons. The molecule has 0 aliphatic carbocycles. The van der Waals surface area contributed by atoms with E-state index in [2.05, 4.69) is 4.98 Å². The van der Waals surface area contributed by atoms with Gasteiger partial charge in [-0.05, 0) is 23.3 Å². The fourth-order valence-corrected chi connectivity index (χ4v) is 3.70. The molecule has 0 unspecified atom stereocenters. The van der Waals surface area contributed by atoms with Gasteiger partial charge in [0.15, 0.2) is 0 Å². The smallest absolute Gasteiger partial charge is 0.247 e. The molecule has 2 N–H and O–H groups in total. The van der Waals surface area contributed by atoms with Crippen LogP contribution >= 0.6 is 0 Å². The van der Waals surface area contributed by atoms with Crippen LogP contribution in [0.2, 0.25) is 0 Å². The lowest BCUT2D eigenvalue weighted by atomic mass is 10.1. The number of nitrogen functional groups attached to an aromatic ring is 1. The zero-order valence-electron chi connectivity index (χ0n) is 10.2. The van der Waals surface area contributed by atoms with Crippen LogP contribution < -0.4 is 5.73 Å². The lowest BCUT2D eigenvalue weighted by Crippen LogP contribution is -2.26. The first-order valence-electron chi connectivity index (χ1n) is 5.86. The van der Waals surface area contributed by atoms with Gasteiger partial charge in [-0.3, -0.25) is 0 Å². The first-order valence-corrected chi connectivity index (χ1v) is 7.30. The van der Waals surface area contributed by atoms with Crippen molar-refractivity contribution in [3.63, 3.8) is 0 Å². The van der Waals surface area contributed by atoms with Crippen LogP contribution in [0.25, 0.3) is 0 Å². The lowest BCUT2D eigenvalue weighted by Gasteiger charge is -2.16. The molecule has 6 heteroatoms. The molecule has 2 heterocycles. The zero-order valence-corrected chi connectivity index (χ0v) is 11.0. The van der Waals surface area contributed by atoms with Gasteiger partial charge in [0.2, 0.25) is 10.0 Å². The molecule has 3 rings (SSSR count). The second-order valence-electron chi connectivity index (χ2n) is 4.43. The molecule has 0 bridgehead atoms. The van der Waals surface area contributed by atoms with E-state index in [0.29, 0.717) is 13.1 Å². The van der Waals surface area contributed by atoms with Gasteiger partial charge in [0.05, 0.1) is 0 Å². The number of pyridine rings is 1. The van der Waals surface area contributed by atoms with Crippen LogP contribution in [0.1, 0.15) is 11.1 Å².